The van der Waals surface area contributed by atoms with Crippen LogP contribution in [0, 0.1) is 5.82 Å². The van der Waals surface area contributed by atoms with Gasteiger partial charge in [0.2, 0.25) is 5.95 Å². The van der Waals surface area contributed by atoms with Gasteiger partial charge >= 0.3 is 12.0 Å². The highest BCUT2D eigenvalue weighted by molar-refractivity contribution is 5.27. The van der Waals surface area contributed by atoms with Crippen molar-refractivity contribution < 1.29 is 13.9 Å². The SMILES string of the molecule is CCOc1nc(N)nc(Oc2ccc(F)cc2)n1. The van der Waals surface area contributed by atoms with Crippen molar-refractivity contribution in [2.24, 2.45) is 0 Å². The summed E-state index contributed by atoms with van der Waals surface area (Å²) in [5.41, 5.74) is 5.49. The number of rotatable bonds is 4. The number of ether oxygens (including phenoxy) is 2. The number of halogens is 1. The Morgan fingerprint density at radius 2 is 1.78 bits per heavy atom. The third-order valence-electron chi connectivity index (χ3n) is 1.91. The number of nitrogens with two attached hydrogens (primary N) is 1. The second kappa shape index (κ2) is 5.26. The summed E-state index contributed by atoms with van der Waals surface area (Å²) in [7, 11) is 0. The third-order valence-corrected chi connectivity index (χ3v) is 1.91. The van der Waals surface area contributed by atoms with Gasteiger partial charge in [0.15, 0.2) is 0 Å². The fourth-order valence-corrected chi connectivity index (χ4v) is 1.20. The fraction of sp³-hybridized carbons (Fsp3) is 0.182. The minimum absolute atomic E-state index is 0.00226. The Morgan fingerprint density at radius 3 is 2.44 bits per heavy atom. The summed E-state index contributed by atoms with van der Waals surface area (Å²) in [6, 6.07) is 5.53. The van der Waals surface area contributed by atoms with Crippen molar-refractivity contribution in [2.45, 2.75) is 6.92 Å². The lowest BCUT2D eigenvalue weighted by Crippen LogP contribution is -2.04. The van der Waals surface area contributed by atoms with E-state index in [1.807, 2.05) is 0 Å². The van der Waals surface area contributed by atoms with Gasteiger partial charge in [-0.15, -0.1) is 4.98 Å². The highest BCUT2D eigenvalue weighted by Gasteiger charge is 2.07. The topological polar surface area (TPSA) is 83.2 Å². The molecule has 94 valence electrons. The van der Waals surface area contributed by atoms with Gasteiger partial charge in [0.05, 0.1) is 6.61 Å². The summed E-state index contributed by atoms with van der Waals surface area (Å²) in [4.78, 5) is 11.5. The first-order chi connectivity index (χ1) is 8.67. The van der Waals surface area contributed by atoms with Crippen molar-refractivity contribution in [3.63, 3.8) is 0 Å². The van der Waals surface area contributed by atoms with Crippen LogP contribution in [-0.2, 0) is 0 Å². The van der Waals surface area contributed by atoms with Crippen LogP contribution in [0.15, 0.2) is 24.3 Å². The standard InChI is InChI=1S/C11H11FN4O2/c1-2-17-10-14-9(13)15-11(16-10)18-8-5-3-7(12)4-6-8/h3-6H,2H2,1H3,(H2,13,14,15,16). The highest BCUT2D eigenvalue weighted by atomic mass is 19.1. The molecule has 0 aliphatic heterocycles. The second-order valence-electron chi connectivity index (χ2n) is 3.25. The maximum Gasteiger partial charge on any atom is 0.330 e. The number of hydrogen-bond donors (Lipinski definition) is 1. The van der Waals surface area contributed by atoms with Crippen LogP contribution in [-0.4, -0.2) is 21.6 Å². The summed E-state index contributed by atoms with van der Waals surface area (Å²) in [6.07, 6.45) is 0. The number of nitrogen functional groups attached to an aromatic ring is 1. The van der Waals surface area contributed by atoms with Crippen LogP contribution in [0.2, 0.25) is 0 Å². The van der Waals surface area contributed by atoms with E-state index in [1.54, 1.807) is 6.92 Å². The Balaban J connectivity index is 2.20. The van der Waals surface area contributed by atoms with Crippen LogP contribution in [0.5, 0.6) is 17.8 Å². The summed E-state index contributed by atoms with van der Waals surface area (Å²) in [5, 5.41) is 0. The second-order valence-corrected chi connectivity index (χ2v) is 3.25. The smallest absolute Gasteiger partial charge is 0.330 e. The molecule has 0 fully saturated rings. The fourth-order valence-electron chi connectivity index (χ4n) is 1.20. The Morgan fingerprint density at radius 1 is 1.11 bits per heavy atom. The Hall–Kier alpha value is -2.44. The molecule has 7 heteroatoms. The normalized spacial score (nSPS) is 10.1. The first-order valence-corrected chi connectivity index (χ1v) is 5.25. The van der Waals surface area contributed by atoms with E-state index in [-0.39, 0.29) is 23.8 Å². The van der Waals surface area contributed by atoms with Gasteiger partial charge < -0.3 is 15.2 Å². The van der Waals surface area contributed by atoms with E-state index in [0.29, 0.717) is 12.4 Å². The summed E-state index contributed by atoms with van der Waals surface area (Å²) in [6.45, 7) is 2.19. The molecule has 1 heterocycles. The first kappa shape index (κ1) is 12.0. The maximum atomic E-state index is 12.7. The van der Waals surface area contributed by atoms with Gasteiger partial charge in [0, 0.05) is 0 Å². The van der Waals surface area contributed by atoms with Crippen LogP contribution in [0.1, 0.15) is 6.92 Å². The average Bonchev–Trinajstić information content (AvgIpc) is 2.32. The molecule has 2 N–H and O–H groups in total. The Bertz CT molecular complexity index is 533. The minimum Gasteiger partial charge on any atom is -0.464 e. The lowest BCUT2D eigenvalue weighted by atomic mass is 10.3. The van der Waals surface area contributed by atoms with Crippen LogP contribution in [0.4, 0.5) is 10.3 Å². The van der Waals surface area contributed by atoms with Crippen molar-refractivity contribution in [2.75, 3.05) is 12.3 Å². The highest BCUT2D eigenvalue weighted by Crippen LogP contribution is 2.19. The third kappa shape index (κ3) is 3.03. The number of nitrogens with zero attached hydrogens (tertiary/aromatic N) is 3. The zero-order chi connectivity index (χ0) is 13.0. The lowest BCUT2D eigenvalue weighted by Gasteiger charge is -2.06. The van der Waals surface area contributed by atoms with Gasteiger partial charge in [0.1, 0.15) is 11.6 Å². The predicted octanol–water partition coefficient (Wildman–Crippen LogP) is 1.78. The molecule has 0 spiro atoms. The summed E-state index contributed by atoms with van der Waals surface area (Å²) in [5.74, 6) is 0.0301. The van der Waals surface area contributed by atoms with E-state index < -0.39 is 0 Å². The average molecular weight is 250 g/mol. The van der Waals surface area contributed by atoms with E-state index in [0.717, 1.165) is 0 Å². The number of aromatic nitrogens is 3. The monoisotopic (exact) mass is 250 g/mol. The molecule has 0 unspecified atom stereocenters. The van der Waals surface area contributed by atoms with E-state index in [4.69, 9.17) is 15.2 Å². The van der Waals surface area contributed by atoms with Gasteiger partial charge in [-0.2, -0.15) is 9.97 Å². The van der Waals surface area contributed by atoms with E-state index in [1.165, 1.54) is 24.3 Å². The first-order valence-electron chi connectivity index (χ1n) is 5.25. The van der Waals surface area contributed by atoms with Crippen LogP contribution < -0.4 is 15.2 Å². The molecule has 6 nitrogen and oxygen atoms in total. The molecule has 2 rings (SSSR count). The quantitative estimate of drug-likeness (QED) is 0.890. The predicted molar refractivity (Wildman–Crippen MR) is 61.9 cm³/mol. The molecule has 1 aromatic carbocycles. The zero-order valence-electron chi connectivity index (χ0n) is 9.63. The Labute approximate surface area is 103 Å². The van der Waals surface area contributed by atoms with E-state index in [2.05, 4.69) is 15.0 Å². The maximum absolute atomic E-state index is 12.7. The number of benzene rings is 1. The molecule has 0 radical (unpaired) electrons. The lowest BCUT2D eigenvalue weighted by molar-refractivity contribution is 0.304. The van der Waals surface area contributed by atoms with E-state index >= 15 is 0 Å². The van der Waals surface area contributed by atoms with Crippen molar-refractivity contribution >= 4 is 5.95 Å². The molecule has 0 amide bonds. The molecule has 0 atom stereocenters. The zero-order valence-corrected chi connectivity index (χ0v) is 9.63. The van der Waals surface area contributed by atoms with Gasteiger partial charge in [-0.3, -0.25) is 0 Å². The molecule has 2 aromatic rings. The van der Waals surface area contributed by atoms with Crippen molar-refractivity contribution in [1.29, 1.82) is 0 Å². The Kier molecular flexibility index (Phi) is 3.52. The van der Waals surface area contributed by atoms with Crippen LogP contribution in [0.3, 0.4) is 0 Å². The summed E-state index contributed by atoms with van der Waals surface area (Å²) < 4.78 is 23.1. The molecule has 0 saturated carbocycles. The number of anilines is 1. The van der Waals surface area contributed by atoms with Gasteiger partial charge in [-0.25, -0.2) is 4.39 Å². The molecule has 0 aliphatic carbocycles. The van der Waals surface area contributed by atoms with Crippen LogP contribution in [0.25, 0.3) is 0 Å². The molecule has 0 aliphatic rings. The molecular formula is C11H11FN4O2. The van der Waals surface area contributed by atoms with Gasteiger partial charge in [0.25, 0.3) is 0 Å². The van der Waals surface area contributed by atoms with Gasteiger partial charge in [-0.1, -0.05) is 0 Å². The van der Waals surface area contributed by atoms with E-state index in [9.17, 15) is 4.39 Å². The molecule has 0 saturated heterocycles. The molecule has 18 heavy (non-hydrogen) atoms. The van der Waals surface area contributed by atoms with Crippen molar-refractivity contribution in [3.8, 4) is 17.8 Å². The van der Waals surface area contributed by atoms with Crippen molar-refractivity contribution in [3.05, 3.63) is 30.1 Å². The minimum atomic E-state index is -0.354. The van der Waals surface area contributed by atoms with Crippen molar-refractivity contribution in [1.82, 2.24) is 15.0 Å². The largest absolute Gasteiger partial charge is 0.464 e. The van der Waals surface area contributed by atoms with Crippen LogP contribution >= 0.6 is 0 Å². The summed E-state index contributed by atoms with van der Waals surface area (Å²) >= 11 is 0. The molecule has 0 bridgehead atoms. The molecular weight excluding hydrogens is 239 g/mol. The van der Waals surface area contributed by atoms with Gasteiger partial charge in [-0.05, 0) is 31.2 Å². The number of hydrogen-bond acceptors (Lipinski definition) is 6. The molecule has 1 aromatic heterocycles.